The van der Waals surface area contributed by atoms with Crippen LogP contribution in [0, 0.1) is 13.8 Å². The van der Waals surface area contributed by atoms with Gasteiger partial charge in [-0.15, -0.1) is 0 Å². The van der Waals surface area contributed by atoms with Gasteiger partial charge in [-0.25, -0.2) is 17.2 Å². The normalized spacial score (nSPS) is 19.5. The van der Waals surface area contributed by atoms with Crippen LogP contribution >= 0.6 is 0 Å². The van der Waals surface area contributed by atoms with E-state index < -0.39 is 21.5 Å². The van der Waals surface area contributed by atoms with E-state index in [4.69, 9.17) is 14.3 Å². The molecule has 276 valence electrons. The van der Waals surface area contributed by atoms with Crippen LogP contribution in [0.25, 0.3) is 11.1 Å². The molecule has 13 heteroatoms. The number of hydrogen-bond donors (Lipinski definition) is 1. The summed E-state index contributed by atoms with van der Waals surface area (Å²) in [6, 6.07) is 12.8. The maximum Gasteiger partial charge on any atom is 0.263 e. The second kappa shape index (κ2) is 15.1. The number of amides is 1. The molecule has 1 aliphatic carbocycles. The molecule has 6 rings (SSSR count). The van der Waals surface area contributed by atoms with Gasteiger partial charge in [0, 0.05) is 56.1 Å². The molecule has 1 spiro atoms. The summed E-state index contributed by atoms with van der Waals surface area (Å²) in [5.41, 5.74) is 2.69. The number of nitrogens with zero attached hydrogens (tertiary/aromatic N) is 4. The Hall–Kier alpha value is -3.68. The van der Waals surface area contributed by atoms with Crippen molar-refractivity contribution >= 4 is 27.6 Å². The number of carbonyl (C=O) groups is 1. The topological polar surface area (TPSA) is 117 Å². The number of sulfonamides is 1. The standard InChI is InChI=1S/C38H49F2N5O5S/c1-5-7-12-34-41-37(19-21-44(22-20-37)30-15-17-38(39,40)18-16-30)36(46)45(34)24-28-13-14-31(29(23-28)25-49-6-2)32-10-8-9-11-33(32)51(47,48)43-35-26(3)27(4)50-42-35/h8-11,13-14,23,30H,5-7,12,15-22,24-25H2,1-4H3,(H,42,43). The SMILES string of the molecule is CCCCC1=NC2(CCN(C3CCC(F)(F)CC3)CC2)C(=O)N1Cc1ccc(-c2ccccc2S(=O)(=O)Nc2noc(C)c2C)c(COCC)c1. The van der Waals surface area contributed by atoms with Crippen molar-refractivity contribution in [2.45, 2.75) is 121 Å². The smallest absolute Gasteiger partial charge is 0.263 e. The molecule has 2 fully saturated rings. The lowest BCUT2D eigenvalue weighted by Gasteiger charge is -2.42. The van der Waals surface area contributed by atoms with Crippen LogP contribution in [0.15, 0.2) is 56.9 Å². The molecule has 51 heavy (non-hydrogen) atoms. The van der Waals surface area contributed by atoms with Gasteiger partial charge < -0.3 is 14.2 Å². The highest BCUT2D eigenvalue weighted by molar-refractivity contribution is 7.92. The van der Waals surface area contributed by atoms with Gasteiger partial charge in [-0.1, -0.05) is 54.9 Å². The number of nitrogens with one attached hydrogen (secondary N) is 1. The Labute approximate surface area is 299 Å². The molecule has 3 aliphatic rings. The van der Waals surface area contributed by atoms with E-state index in [1.165, 1.54) is 0 Å². The van der Waals surface area contributed by atoms with Crippen LogP contribution in [0.1, 0.15) is 94.1 Å². The van der Waals surface area contributed by atoms with Crippen LogP contribution in [0.2, 0.25) is 0 Å². The number of unbranched alkanes of at least 4 members (excludes halogenated alkanes) is 1. The maximum absolute atomic E-state index is 14.3. The van der Waals surface area contributed by atoms with Gasteiger partial charge in [0.15, 0.2) is 5.82 Å². The lowest BCUT2D eigenvalue weighted by molar-refractivity contribution is -0.133. The third kappa shape index (κ3) is 7.90. The molecule has 2 aliphatic heterocycles. The first-order chi connectivity index (χ1) is 24.4. The fraction of sp³-hybridized carbons (Fsp3) is 0.553. The van der Waals surface area contributed by atoms with Gasteiger partial charge in [0.25, 0.3) is 15.9 Å². The van der Waals surface area contributed by atoms with E-state index in [2.05, 4.69) is 21.7 Å². The number of ether oxygens (including phenoxy) is 1. The summed E-state index contributed by atoms with van der Waals surface area (Å²) in [6.07, 6.45) is 4.54. The number of likely N-dealkylation sites (tertiary alicyclic amines) is 1. The van der Waals surface area contributed by atoms with E-state index in [9.17, 15) is 22.0 Å². The zero-order chi connectivity index (χ0) is 36.4. The number of anilines is 1. The third-order valence-corrected chi connectivity index (χ3v) is 12.1. The number of hydrogen-bond acceptors (Lipinski definition) is 8. The van der Waals surface area contributed by atoms with Crippen molar-refractivity contribution in [2.75, 3.05) is 24.4 Å². The minimum Gasteiger partial charge on any atom is -0.377 e. The van der Waals surface area contributed by atoms with Crippen molar-refractivity contribution in [2.24, 2.45) is 4.99 Å². The van der Waals surface area contributed by atoms with Crippen LogP contribution in [0.3, 0.4) is 0 Å². The van der Waals surface area contributed by atoms with Crippen molar-refractivity contribution in [3.63, 3.8) is 0 Å². The Morgan fingerprint density at radius 3 is 2.41 bits per heavy atom. The van der Waals surface area contributed by atoms with Crippen molar-refractivity contribution in [1.82, 2.24) is 15.0 Å². The second-order valence-electron chi connectivity index (χ2n) is 14.1. The predicted octanol–water partition coefficient (Wildman–Crippen LogP) is 7.64. The Balaban J connectivity index is 1.25. The van der Waals surface area contributed by atoms with Crippen LogP contribution in [0.5, 0.6) is 0 Å². The van der Waals surface area contributed by atoms with Crippen LogP contribution in [-0.2, 0) is 32.7 Å². The van der Waals surface area contributed by atoms with E-state index in [1.54, 1.807) is 38.1 Å². The van der Waals surface area contributed by atoms with Crippen LogP contribution in [-0.4, -0.2) is 72.3 Å². The molecular weight excluding hydrogens is 677 g/mol. The highest BCUT2D eigenvalue weighted by Gasteiger charge is 2.50. The molecule has 0 radical (unpaired) electrons. The number of aryl methyl sites for hydroxylation is 1. The Morgan fingerprint density at radius 1 is 1.02 bits per heavy atom. The van der Waals surface area contributed by atoms with Gasteiger partial charge in [0.05, 0.1) is 18.0 Å². The number of rotatable bonds is 13. The third-order valence-electron chi connectivity index (χ3n) is 10.7. The summed E-state index contributed by atoms with van der Waals surface area (Å²) < 4.78 is 68.7. The zero-order valence-corrected chi connectivity index (χ0v) is 30.8. The number of carbonyl (C=O) groups excluding carboxylic acids is 1. The molecular formula is C38H49F2N5O5S. The Bertz CT molecular complexity index is 1860. The van der Waals surface area contributed by atoms with E-state index in [-0.39, 0.29) is 42.1 Å². The molecule has 1 saturated carbocycles. The van der Waals surface area contributed by atoms with Crippen molar-refractivity contribution in [3.8, 4) is 11.1 Å². The minimum atomic E-state index is -4.04. The number of benzene rings is 2. The first-order valence-electron chi connectivity index (χ1n) is 18.1. The van der Waals surface area contributed by atoms with Gasteiger partial charge in [0.1, 0.15) is 17.1 Å². The summed E-state index contributed by atoms with van der Waals surface area (Å²) in [5.74, 6) is -1.10. The van der Waals surface area contributed by atoms with Crippen molar-refractivity contribution < 1.29 is 31.3 Å². The fourth-order valence-electron chi connectivity index (χ4n) is 7.53. The van der Waals surface area contributed by atoms with Gasteiger partial charge >= 0.3 is 0 Å². The molecule has 1 amide bonds. The predicted molar refractivity (Wildman–Crippen MR) is 192 cm³/mol. The average molecular weight is 726 g/mol. The summed E-state index contributed by atoms with van der Waals surface area (Å²) in [5, 5.41) is 3.88. The fourth-order valence-corrected chi connectivity index (χ4v) is 8.81. The Morgan fingerprint density at radius 2 is 1.75 bits per heavy atom. The minimum absolute atomic E-state index is 0.000218. The molecule has 1 saturated heterocycles. The Kier molecular flexibility index (Phi) is 11.0. The number of aromatic nitrogens is 1. The summed E-state index contributed by atoms with van der Waals surface area (Å²) in [7, 11) is -4.04. The van der Waals surface area contributed by atoms with E-state index >= 15 is 0 Å². The first-order valence-corrected chi connectivity index (χ1v) is 19.6. The van der Waals surface area contributed by atoms with Gasteiger partial charge in [-0.3, -0.25) is 19.4 Å². The largest absolute Gasteiger partial charge is 0.377 e. The average Bonchev–Trinajstić information content (AvgIpc) is 3.56. The van der Waals surface area contributed by atoms with Crippen molar-refractivity contribution in [3.05, 3.63) is 64.9 Å². The summed E-state index contributed by atoms with van der Waals surface area (Å²) in [6.45, 7) is 9.87. The summed E-state index contributed by atoms with van der Waals surface area (Å²) in [4.78, 5) is 23.6. The lowest BCUT2D eigenvalue weighted by Crippen LogP contribution is -2.53. The molecule has 3 heterocycles. The molecule has 2 aromatic carbocycles. The number of halogens is 2. The summed E-state index contributed by atoms with van der Waals surface area (Å²) >= 11 is 0. The van der Waals surface area contributed by atoms with Gasteiger partial charge in [0.2, 0.25) is 5.92 Å². The number of piperidine rings is 1. The highest BCUT2D eigenvalue weighted by Crippen LogP contribution is 2.40. The monoisotopic (exact) mass is 725 g/mol. The number of alkyl halides is 2. The molecule has 0 unspecified atom stereocenters. The lowest BCUT2D eigenvalue weighted by atomic mass is 9.84. The molecule has 0 bridgehead atoms. The molecule has 0 atom stereocenters. The number of aliphatic imine (C=N–C) groups is 1. The zero-order valence-electron chi connectivity index (χ0n) is 30.0. The van der Waals surface area contributed by atoms with Crippen LogP contribution < -0.4 is 4.72 Å². The van der Waals surface area contributed by atoms with Crippen molar-refractivity contribution in [1.29, 1.82) is 0 Å². The molecule has 1 N–H and O–H groups in total. The first kappa shape index (κ1) is 37.1. The highest BCUT2D eigenvalue weighted by atomic mass is 32.2. The molecule has 10 nitrogen and oxygen atoms in total. The van der Waals surface area contributed by atoms with E-state index in [1.807, 2.05) is 30.0 Å². The quantitative estimate of drug-likeness (QED) is 0.193. The van der Waals surface area contributed by atoms with Crippen LogP contribution in [0.4, 0.5) is 14.6 Å². The molecule has 3 aromatic rings. The van der Waals surface area contributed by atoms with E-state index in [0.717, 1.165) is 29.8 Å². The maximum atomic E-state index is 14.3. The molecule has 1 aromatic heterocycles. The van der Waals surface area contributed by atoms with Gasteiger partial charge in [-0.2, -0.15) is 0 Å². The number of amidine groups is 1. The second-order valence-corrected chi connectivity index (χ2v) is 15.8. The van der Waals surface area contributed by atoms with Gasteiger partial charge in [-0.05, 0) is 75.6 Å². The van der Waals surface area contributed by atoms with E-state index in [0.29, 0.717) is 80.8 Å².